The summed E-state index contributed by atoms with van der Waals surface area (Å²) in [5, 5.41) is 10.8. The molecule has 0 aromatic carbocycles. The first kappa shape index (κ1) is 14.0. The van der Waals surface area contributed by atoms with Crippen molar-refractivity contribution in [2.24, 2.45) is 0 Å². The zero-order valence-corrected chi connectivity index (χ0v) is 12.6. The minimum atomic E-state index is -3.72. The third-order valence-electron chi connectivity index (χ3n) is 2.87. The molecule has 1 saturated heterocycles. The molecule has 1 fully saturated rings. The Bertz CT molecular complexity index is 554. The van der Waals surface area contributed by atoms with E-state index in [-0.39, 0.29) is 10.8 Å². The van der Waals surface area contributed by atoms with Gasteiger partial charge in [-0.3, -0.25) is 4.79 Å². The van der Waals surface area contributed by atoms with E-state index in [1.165, 1.54) is 0 Å². The van der Waals surface area contributed by atoms with Gasteiger partial charge < -0.3 is 5.11 Å². The molecule has 0 bridgehead atoms. The monoisotopic (exact) mass is 353 g/mol. The van der Waals surface area contributed by atoms with Crippen molar-refractivity contribution in [2.75, 3.05) is 6.54 Å². The number of carboxylic acids is 1. The second-order valence-corrected chi connectivity index (χ2v) is 7.88. The van der Waals surface area contributed by atoms with Crippen molar-refractivity contribution in [1.29, 1.82) is 0 Å². The van der Waals surface area contributed by atoms with E-state index in [1.807, 2.05) is 0 Å². The van der Waals surface area contributed by atoms with Crippen molar-refractivity contribution in [3.8, 4) is 0 Å². The Balaban J connectivity index is 2.39. The number of hydrogen-bond donors (Lipinski definition) is 1. The van der Waals surface area contributed by atoms with Gasteiger partial charge in [0.05, 0.1) is 0 Å². The summed E-state index contributed by atoms with van der Waals surface area (Å²) in [6.45, 7) is 0.268. The lowest BCUT2D eigenvalue weighted by Gasteiger charge is -2.31. The van der Waals surface area contributed by atoms with Gasteiger partial charge in [0, 0.05) is 11.0 Å². The predicted molar refractivity (Wildman–Crippen MR) is 71.2 cm³/mol. The average Bonchev–Trinajstić information content (AvgIpc) is 2.76. The largest absolute Gasteiger partial charge is 0.480 e. The van der Waals surface area contributed by atoms with Gasteiger partial charge in [0.2, 0.25) is 0 Å². The topological polar surface area (TPSA) is 74.7 Å². The number of piperidine rings is 1. The number of sulfonamides is 1. The maximum atomic E-state index is 12.4. The van der Waals surface area contributed by atoms with Crippen LogP contribution in [0.3, 0.4) is 0 Å². The van der Waals surface area contributed by atoms with E-state index in [4.69, 9.17) is 5.11 Å². The highest BCUT2D eigenvalue weighted by Crippen LogP contribution is 2.33. The molecule has 18 heavy (non-hydrogen) atoms. The Morgan fingerprint density at radius 3 is 2.78 bits per heavy atom. The van der Waals surface area contributed by atoms with E-state index < -0.39 is 22.0 Å². The van der Waals surface area contributed by atoms with Crippen LogP contribution in [0, 0.1) is 0 Å². The Hall–Kier alpha value is -0.440. The number of nitrogens with zero attached hydrogens (tertiary/aromatic N) is 1. The zero-order valence-electron chi connectivity index (χ0n) is 9.37. The maximum Gasteiger partial charge on any atom is 0.322 e. The summed E-state index contributed by atoms with van der Waals surface area (Å²) in [6, 6.07) is 0.704. The lowest BCUT2D eigenvalue weighted by atomic mass is 10.1. The molecule has 0 aliphatic carbocycles. The molecule has 1 aromatic rings. The Labute approximate surface area is 118 Å². The zero-order chi connectivity index (χ0) is 13.3. The summed E-state index contributed by atoms with van der Waals surface area (Å²) in [4.78, 5) is 11.2. The van der Waals surface area contributed by atoms with E-state index in [1.54, 1.807) is 11.4 Å². The van der Waals surface area contributed by atoms with Crippen LogP contribution in [0.5, 0.6) is 0 Å². The minimum Gasteiger partial charge on any atom is -0.480 e. The molecular formula is C10H12BrNO4S2. The molecule has 0 saturated carbocycles. The second-order valence-electron chi connectivity index (χ2n) is 4.02. The lowest BCUT2D eigenvalue weighted by Crippen LogP contribution is -2.47. The second kappa shape index (κ2) is 5.28. The normalized spacial score (nSPS) is 21.9. The smallest absolute Gasteiger partial charge is 0.322 e. The number of thiophene rings is 1. The SMILES string of the molecule is O=C(O)[C@H]1CCCCN1S(=O)(=O)c1sccc1Br. The molecule has 1 N–H and O–H groups in total. The van der Waals surface area contributed by atoms with Crippen molar-refractivity contribution < 1.29 is 18.3 Å². The van der Waals surface area contributed by atoms with E-state index >= 15 is 0 Å². The molecule has 0 amide bonds. The van der Waals surface area contributed by atoms with Crippen molar-refractivity contribution in [2.45, 2.75) is 29.5 Å². The fourth-order valence-corrected chi connectivity index (χ4v) is 6.09. The molecule has 2 heterocycles. The van der Waals surface area contributed by atoms with Crippen molar-refractivity contribution in [1.82, 2.24) is 4.31 Å². The van der Waals surface area contributed by atoms with Gasteiger partial charge in [-0.25, -0.2) is 8.42 Å². The molecule has 1 aromatic heterocycles. The van der Waals surface area contributed by atoms with Crippen LogP contribution in [0.15, 0.2) is 20.1 Å². The van der Waals surface area contributed by atoms with Gasteiger partial charge in [-0.1, -0.05) is 0 Å². The molecule has 0 radical (unpaired) electrons. The number of rotatable bonds is 3. The summed E-state index contributed by atoms with van der Waals surface area (Å²) in [5.74, 6) is -1.08. The van der Waals surface area contributed by atoms with Crippen LogP contribution in [0.2, 0.25) is 0 Å². The fraction of sp³-hybridized carbons (Fsp3) is 0.500. The van der Waals surface area contributed by atoms with Crippen LogP contribution < -0.4 is 0 Å². The molecule has 0 spiro atoms. The van der Waals surface area contributed by atoms with Gasteiger partial charge >= 0.3 is 5.97 Å². The van der Waals surface area contributed by atoms with Crippen LogP contribution in [0.25, 0.3) is 0 Å². The van der Waals surface area contributed by atoms with Crippen molar-refractivity contribution in [3.05, 3.63) is 15.9 Å². The minimum absolute atomic E-state index is 0.177. The summed E-state index contributed by atoms with van der Waals surface area (Å²) in [7, 11) is -3.72. The van der Waals surface area contributed by atoms with Crippen LogP contribution in [-0.2, 0) is 14.8 Å². The third-order valence-corrected chi connectivity index (χ3v) is 7.42. The van der Waals surface area contributed by atoms with Crippen molar-refractivity contribution >= 4 is 43.3 Å². The van der Waals surface area contributed by atoms with E-state index in [2.05, 4.69) is 15.9 Å². The third kappa shape index (κ3) is 2.47. The average molecular weight is 354 g/mol. The highest BCUT2D eigenvalue weighted by Gasteiger charge is 2.38. The molecule has 8 heteroatoms. The van der Waals surface area contributed by atoms with E-state index in [0.29, 0.717) is 17.3 Å². The molecule has 1 aliphatic rings. The number of carbonyl (C=O) groups is 1. The van der Waals surface area contributed by atoms with Gasteiger partial charge in [-0.05, 0) is 46.6 Å². The number of carboxylic acid groups (broad SMARTS) is 1. The Kier molecular flexibility index (Phi) is 4.10. The summed E-state index contributed by atoms with van der Waals surface area (Å²) >= 11 is 4.28. The van der Waals surface area contributed by atoms with Crippen LogP contribution >= 0.6 is 27.3 Å². The van der Waals surface area contributed by atoms with E-state index in [9.17, 15) is 13.2 Å². The molecule has 5 nitrogen and oxygen atoms in total. The van der Waals surface area contributed by atoms with Crippen molar-refractivity contribution in [3.63, 3.8) is 0 Å². The van der Waals surface area contributed by atoms with Gasteiger partial charge in [-0.15, -0.1) is 11.3 Å². The first-order chi connectivity index (χ1) is 8.44. The highest BCUT2D eigenvalue weighted by molar-refractivity contribution is 9.10. The molecule has 0 unspecified atom stereocenters. The number of aliphatic carboxylic acids is 1. The maximum absolute atomic E-state index is 12.4. The summed E-state index contributed by atoms with van der Waals surface area (Å²) < 4.78 is 26.6. The first-order valence-corrected chi connectivity index (χ1v) is 8.53. The van der Waals surface area contributed by atoms with Gasteiger partial charge in [-0.2, -0.15) is 4.31 Å². The van der Waals surface area contributed by atoms with Crippen LogP contribution in [-0.4, -0.2) is 36.4 Å². The molecule has 2 rings (SSSR count). The van der Waals surface area contributed by atoms with Gasteiger partial charge in [0.15, 0.2) is 0 Å². The van der Waals surface area contributed by atoms with Gasteiger partial charge in [0.1, 0.15) is 10.3 Å². The summed E-state index contributed by atoms with van der Waals surface area (Å²) in [6.07, 6.45) is 1.82. The molecule has 1 atom stereocenters. The number of hydrogen-bond acceptors (Lipinski definition) is 4. The standard InChI is InChI=1S/C10H12BrNO4S2/c11-7-4-6-17-10(7)18(15,16)12-5-2-1-3-8(12)9(13)14/h4,6,8H,1-3,5H2,(H,13,14)/t8-/m1/s1. The number of halogens is 1. The van der Waals surface area contributed by atoms with Gasteiger partial charge in [0.25, 0.3) is 10.0 Å². The Morgan fingerprint density at radius 2 is 2.22 bits per heavy atom. The fourth-order valence-electron chi connectivity index (χ4n) is 2.01. The van der Waals surface area contributed by atoms with Crippen LogP contribution in [0.4, 0.5) is 0 Å². The predicted octanol–water partition coefficient (Wildman–Crippen LogP) is 2.14. The molecule has 1 aliphatic heterocycles. The first-order valence-electron chi connectivity index (χ1n) is 5.42. The lowest BCUT2D eigenvalue weighted by molar-refractivity contribution is -0.142. The molecule has 100 valence electrons. The molecular weight excluding hydrogens is 342 g/mol. The van der Waals surface area contributed by atoms with E-state index in [0.717, 1.165) is 22.1 Å². The Morgan fingerprint density at radius 1 is 1.50 bits per heavy atom. The van der Waals surface area contributed by atoms with Crippen LogP contribution in [0.1, 0.15) is 19.3 Å². The highest BCUT2D eigenvalue weighted by atomic mass is 79.9. The summed E-state index contributed by atoms with van der Waals surface area (Å²) in [5.41, 5.74) is 0. The quantitative estimate of drug-likeness (QED) is 0.903.